The number of rotatable bonds is 5. The summed E-state index contributed by atoms with van der Waals surface area (Å²) in [5.41, 5.74) is 2.46. The maximum Gasteiger partial charge on any atom is 0.262 e. The van der Waals surface area contributed by atoms with E-state index in [1.165, 1.54) is 27.6 Å². The molecule has 6 heteroatoms. The number of ether oxygens (including phenoxy) is 1. The second-order valence-electron chi connectivity index (χ2n) is 8.98. The molecule has 32 heavy (non-hydrogen) atoms. The Kier molecular flexibility index (Phi) is 5.29. The Labute approximate surface area is 191 Å². The number of hydrogen-bond acceptors (Lipinski definition) is 5. The third kappa shape index (κ3) is 3.66. The van der Waals surface area contributed by atoms with Crippen molar-refractivity contribution in [2.24, 2.45) is 0 Å². The Balaban J connectivity index is 1.28. The van der Waals surface area contributed by atoms with Crippen LogP contribution < -0.4 is 10.9 Å². The van der Waals surface area contributed by atoms with E-state index in [9.17, 15) is 4.79 Å². The summed E-state index contributed by atoms with van der Waals surface area (Å²) in [5, 5.41) is 6.93. The van der Waals surface area contributed by atoms with Crippen molar-refractivity contribution in [3.8, 4) is 0 Å². The smallest absolute Gasteiger partial charge is 0.262 e. The van der Waals surface area contributed by atoms with Gasteiger partial charge in [-0.25, -0.2) is 4.98 Å². The van der Waals surface area contributed by atoms with Crippen molar-refractivity contribution in [1.82, 2.24) is 14.9 Å². The number of fused-ring (bicyclic) bond motifs is 4. The molecule has 2 aromatic carbocycles. The Morgan fingerprint density at radius 1 is 1.16 bits per heavy atom. The maximum atomic E-state index is 13.5. The van der Waals surface area contributed by atoms with Crippen LogP contribution in [0.15, 0.2) is 53.6 Å². The van der Waals surface area contributed by atoms with Gasteiger partial charge in [-0.3, -0.25) is 9.36 Å². The van der Waals surface area contributed by atoms with E-state index < -0.39 is 0 Å². The van der Waals surface area contributed by atoms with Gasteiger partial charge >= 0.3 is 0 Å². The van der Waals surface area contributed by atoms with Crippen LogP contribution in [0.4, 0.5) is 0 Å². The van der Waals surface area contributed by atoms with E-state index in [1.54, 1.807) is 22.2 Å². The molecule has 2 unspecified atom stereocenters. The first-order valence-corrected chi connectivity index (χ1v) is 12.4. The zero-order valence-corrected chi connectivity index (χ0v) is 18.9. The third-order valence-electron chi connectivity index (χ3n) is 6.91. The minimum atomic E-state index is 0.0891. The van der Waals surface area contributed by atoms with E-state index in [1.807, 2.05) is 6.07 Å². The average molecular weight is 446 g/mol. The summed E-state index contributed by atoms with van der Waals surface area (Å²) in [5.74, 6) is 0. The molecule has 4 aromatic rings. The van der Waals surface area contributed by atoms with Crippen LogP contribution in [0.5, 0.6) is 0 Å². The summed E-state index contributed by atoms with van der Waals surface area (Å²) in [6.07, 6.45) is 7.40. The molecule has 3 heterocycles. The molecule has 0 spiro atoms. The van der Waals surface area contributed by atoms with Crippen molar-refractivity contribution < 1.29 is 4.74 Å². The molecule has 6 rings (SSSR count). The monoisotopic (exact) mass is 445 g/mol. The van der Waals surface area contributed by atoms with E-state index in [0.29, 0.717) is 18.7 Å². The predicted molar refractivity (Wildman–Crippen MR) is 130 cm³/mol. The van der Waals surface area contributed by atoms with Crippen molar-refractivity contribution in [3.63, 3.8) is 0 Å². The van der Waals surface area contributed by atoms with Gasteiger partial charge < -0.3 is 10.1 Å². The lowest BCUT2D eigenvalue weighted by Crippen LogP contribution is -2.38. The standard InChI is InChI=1S/C26H27N3O2S/c30-26-24-22-11-10-19(27-14-20-8-4-12-31-20)13-23(22)32-25(24)28-16-29(26)15-18-7-3-6-17-5-1-2-9-21(17)18/h1-3,5-7,9,16,19-20,27H,4,8,10-15H2. The maximum absolute atomic E-state index is 13.5. The Morgan fingerprint density at radius 2 is 2.06 bits per heavy atom. The molecule has 1 N–H and O–H groups in total. The Morgan fingerprint density at radius 3 is 2.97 bits per heavy atom. The van der Waals surface area contributed by atoms with Crippen LogP contribution in [-0.4, -0.2) is 34.8 Å². The number of nitrogens with zero attached hydrogens (tertiary/aromatic N) is 2. The van der Waals surface area contributed by atoms with Gasteiger partial charge in [-0.05, 0) is 54.0 Å². The van der Waals surface area contributed by atoms with Crippen molar-refractivity contribution in [2.45, 2.75) is 50.8 Å². The fourth-order valence-corrected chi connectivity index (χ4v) is 6.46. The largest absolute Gasteiger partial charge is 0.377 e. The molecule has 2 aliphatic rings. The molecule has 5 nitrogen and oxygen atoms in total. The third-order valence-corrected chi connectivity index (χ3v) is 8.08. The Hall–Kier alpha value is -2.54. The molecule has 1 fully saturated rings. The highest BCUT2D eigenvalue weighted by Crippen LogP contribution is 2.34. The van der Waals surface area contributed by atoms with Crippen LogP contribution in [0.3, 0.4) is 0 Å². The van der Waals surface area contributed by atoms with Crippen LogP contribution >= 0.6 is 11.3 Å². The highest BCUT2D eigenvalue weighted by atomic mass is 32.1. The van der Waals surface area contributed by atoms with Gasteiger partial charge in [0, 0.05) is 24.1 Å². The van der Waals surface area contributed by atoms with Crippen molar-refractivity contribution in [1.29, 1.82) is 0 Å². The molecule has 0 radical (unpaired) electrons. The van der Waals surface area contributed by atoms with E-state index in [-0.39, 0.29) is 5.56 Å². The molecular formula is C26H27N3O2S. The number of aryl methyl sites for hydroxylation is 1. The molecule has 1 aliphatic carbocycles. The van der Waals surface area contributed by atoms with E-state index in [2.05, 4.69) is 41.7 Å². The predicted octanol–water partition coefficient (Wildman–Crippen LogP) is 4.29. The molecule has 0 saturated carbocycles. The topological polar surface area (TPSA) is 56.2 Å². The molecule has 2 atom stereocenters. The number of thiophene rings is 1. The van der Waals surface area contributed by atoms with Gasteiger partial charge in [0.1, 0.15) is 4.83 Å². The quantitative estimate of drug-likeness (QED) is 0.498. The molecule has 1 saturated heterocycles. The summed E-state index contributed by atoms with van der Waals surface area (Å²) in [7, 11) is 0. The number of aromatic nitrogens is 2. The van der Waals surface area contributed by atoms with E-state index >= 15 is 0 Å². The normalized spacial score (nSPS) is 20.8. The molecule has 2 aromatic heterocycles. The summed E-state index contributed by atoms with van der Waals surface area (Å²) in [6, 6.07) is 15.1. The van der Waals surface area contributed by atoms with Crippen molar-refractivity contribution in [3.05, 3.63) is 75.1 Å². The summed E-state index contributed by atoms with van der Waals surface area (Å²) in [6.45, 7) is 2.37. The zero-order valence-electron chi connectivity index (χ0n) is 18.0. The number of benzene rings is 2. The highest BCUT2D eigenvalue weighted by Gasteiger charge is 2.26. The average Bonchev–Trinajstić information content (AvgIpc) is 3.47. The van der Waals surface area contributed by atoms with Crippen molar-refractivity contribution in [2.75, 3.05) is 13.2 Å². The van der Waals surface area contributed by atoms with Crippen molar-refractivity contribution >= 4 is 32.3 Å². The van der Waals surface area contributed by atoms with Gasteiger partial charge in [-0.15, -0.1) is 11.3 Å². The SMILES string of the molecule is O=c1c2c3c(sc2ncn1Cc1cccc2ccccc12)CC(NCC1CCCO1)CC3. The molecule has 0 amide bonds. The number of hydrogen-bond donors (Lipinski definition) is 1. The summed E-state index contributed by atoms with van der Waals surface area (Å²) in [4.78, 5) is 20.4. The van der Waals surface area contributed by atoms with Gasteiger partial charge in [0.25, 0.3) is 5.56 Å². The van der Waals surface area contributed by atoms with E-state index in [4.69, 9.17) is 9.72 Å². The molecular weight excluding hydrogens is 418 g/mol. The fraction of sp³-hybridized carbons (Fsp3) is 0.385. The fourth-order valence-electron chi connectivity index (χ4n) is 5.21. The Bertz CT molecular complexity index is 1330. The lowest BCUT2D eigenvalue weighted by atomic mass is 9.93. The zero-order chi connectivity index (χ0) is 21.5. The van der Waals surface area contributed by atoms with Gasteiger partial charge in [0.2, 0.25) is 0 Å². The second-order valence-corrected chi connectivity index (χ2v) is 10.1. The lowest BCUT2D eigenvalue weighted by Gasteiger charge is -2.24. The van der Waals surface area contributed by atoms with E-state index in [0.717, 1.165) is 54.6 Å². The first-order chi connectivity index (χ1) is 15.8. The second kappa shape index (κ2) is 8.43. The molecule has 0 bridgehead atoms. The molecule has 1 aliphatic heterocycles. The first-order valence-electron chi connectivity index (χ1n) is 11.6. The van der Waals surface area contributed by atoms with Gasteiger partial charge in [0.15, 0.2) is 0 Å². The van der Waals surface area contributed by atoms with Gasteiger partial charge in [-0.1, -0.05) is 42.5 Å². The number of nitrogens with one attached hydrogen (secondary N) is 1. The summed E-state index contributed by atoms with van der Waals surface area (Å²) >= 11 is 1.70. The summed E-state index contributed by atoms with van der Waals surface area (Å²) < 4.78 is 7.53. The van der Waals surface area contributed by atoms with Crippen LogP contribution in [-0.2, 0) is 24.1 Å². The minimum Gasteiger partial charge on any atom is -0.377 e. The van der Waals surface area contributed by atoms with Crippen LogP contribution in [0, 0.1) is 0 Å². The first kappa shape index (κ1) is 20.1. The minimum absolute atomic E-state index is 0.0891. The highest BCUT2D eigenvalue weighted by molar-refractivity contribution is 7.18. The van der Waals surface area contributed by atoms with Crippen LogP contribution in [0.2, 0.25) is 0 Å². The lowest BCUT2D eigenvalue weighted by molar-refractivity contribution is 0.107. The molecule has 164 valence electrons. The van der Waals surface area contributed by atoms with Crippen LogP contribution in [0.25, 0.3) is 21.0 Å². The van der Waals surface area contributed by atoms with Gasteiger partial charge in [-0.2, -0.15) is 0 Å². The van der Waals surface area contributed by atoms with Gasteiger partial charge in [0.05, 0.1) is 24.4 Å². The van der Waals surface area contributed by atoms with Crippen LogP contribution in [0.1, 0.15) is 35.3 Å².